The molecular formula is C15H21ClN2O. The summed E-state index contributed by atoms with van der Waals surface area (Å²) >= 11 is 6.09. The van der Waals surface area contributed by atoms with Crippen molar-refractivity contribution >= 4 is 17.3 Å². The molecule has 0 N–H and O–H groups in total. The molecule has 19 heavy (non-hydrogen) atoms. The molecule has 0 radical (unpaired) electrons. The first-order chi connectivity index (χ1) is 9.24. The Bertz CT molecular complexity index is 440. The van der Waals surface area contributed by atoms with Gasteiger partial charge in [-0.1, -0.05) is 11.6 Å². The number of aromatic nitrogens is 1. The fraction of sp³-hybridized carbons (Fsp3) is 0.667. The first-order valence-electron chi connectivity index (χ1n) is 7.21. The number of rotatable bonds is 4. The van der Waals surface area contributed by atoms with E-state index in [0.29, 0.717) is 11.3 Å². The van der Waals surface area contributed by atoms with Gasteiger partial charge in [0.15, 0.2) is 0 Å². The Hall–Kier alpha value is -0.800. The highest BCUT2D eigenvalue weighted by Gasteiger charge is 2.26. The molecule has 0 amide bonds. The molecule has 4 heteroatoms. The monoisotopic (exact) mass is 280 g/mol. The van der Waals surface area contributed by atoms with Crippen molar-refractivity contribution in [2.24, 2.45) is 5.92 Å². The van der Waals surface area contributed by atoms with E-state index in [9.17, 15) is 0 Å². The Morgan fingerprint density at radius 2 is 2.05 bits per heavy atom. The van der Waals surface area contributed by atoms with Gasteiger partial charge in [-0.25, -0.2) is 4.98 Å². The van der Waals surface area contributed by atoms with E-state index in [0.717, 1.165) is 44.0 Å². The van der Waals surface area contributed by atoms with E-state index in [1.165, 1.54) is 18.5 Å². The van der Waals surface area contributed by atoms with Crippen LogP contribution in [0.4, 0.5) is 5.69 Å². The van der Waals surface area contributed by atoms with E-state index in [4.69, 9.17) is 16.3 Å². The van der Waals surface area contributed by atoms with Crippen LogP contribution in [0.3, 0.4) is 0 Å². The second-order valence-corrected chi connectivity index (χ2v) is 6.07. The third-order valence-electron chi connectivity index (χ3n) is 4.16. The second kappa shape index (κ2) is 5.68. The molecule has 1 aromatic heterocycles. The van der Waals surface area contributed by atoms with Crippen LogP contribution in [-0.4, -0.2) is 30.8 Å². The average Bonchev–Trinajstić information content (AvgIpc) is 3.25. The maximum absolute atomic E-state index is 6.09. The van der Waals surface area contributed by atoms with Gasteiger partial charge in [0.2, 0.25) is 0 Å². The van der Waals surface area contributed by atoms with Crippen molar-refractivity contribution in [2.75, 3.05) is 24.6 Å². The summed E-state index contributed by atoms with van der Waals surface area (Å²) in [5.41, 5.74) is 2.31. The van der Waals surface area contributed by atoms with Crippen LogP contribution in [0.25, 0.3) is 0 Å². The molecule has 1 aliphatic carbocycles. The van der Waals surface area contributed by atoms with Gasteiger partial charge in [0.05, 0.1) is 6.10 Å². The SMILES string of the molecule is Cc1c(N2CCC(OCC3CC3)CC2)ccnc1Cl. The van der Waals surface area contributed by atoms with Crippen LogP contribution in [0.15, 0.2) is 12.3 Å². The van der Waals surface area contributed by atoms with Crippen LogP contribution in [0.1, 0.15) is 31.2 Å². The number of anilines is 1. The predicted molar refractivity (Wildman–Crippen MR) is 77.9 cm³/mol. The van der Waals surface area contributed by atoms with E-state index in [1.54, 1.807) is 6.20 Å². The van der Waals surface area contributed by atoms with E-state index in [1.807, 2.05) is 6.92 Å². The van der Waals surface area contributed by atoms with Gasteiger partial charge in [0.25, 0.3) is 0 Å². The number of pyridine rings is 1. The molecule has 0 unspecified atom stereocenters. The van der Waals surface area contributed by atoms with E-state index in [2.05, 4.69) is 16.0 Å². The molecule has 0 bridgehead atoms. The lowest BCUT2D eigenvalue weighted by atomic mass is 10.1. The number of ether oxygens (including phenoxy) is 1. The molecule has 1 saturated carbocycles. The van der Waals surface area contributed by atoms with Gasteiger partial charge in [0.1, 0.15) is 5.15 Å². The third kappa shape index (κ3) is 3.21. The number of halogens is 1. The minimum absolute atomic E-state index is 0.453. The summed E-state index contributed by atoms with van der Waals surface area (Å²) in [7, 11) is 0. The largest absolute Gasteiger partial charge is 0.378 e. The van der Waals surface area contributed by atoms with Crippen molar-refractivity contribution in [2.45, 2.75) is 38.7 Å². The third-order valence-corrected chi connectivity index (χ3v) is 4.54. The van der Waals surface area contributed by atoms with Gasteiger partial charge in [-0.3, -0.25) is 0 Å². The number of hydrogen-bond acceptors (Lipinski definition) is 3. The quantitative estimate of drug-likeness (QED) is 0.790. The highest BCUT2D eigenvalue weighted by Crippen LogP contribution is 2.31. The van der Waals surface area contributed by atoms with Gasteiger partial charge < -0.3 is 9.64 Å². The molecule has 104 valence electrons. The fourth-order valence-corrected chi connectivity index (χ4v) is 2.82. The molecule has 1 saturated heterocycles. The molecule has 0 spiro atoms. The first kappa shape index (κ1) is 13.2. The zero-order valence-corrected chi connectivity index (χ0v) is 12.2. The molecule has 2 aliphatic rings. The van der Waals surface area contributed by atoms with Crippen molar-refractivity contribution in [3.63, 3.8) is 0 Å². The van der Waals surface area contributed by atoms with Crippen LogP contribution in [0.5, 0.6) is 0 Å². The Kier molecular flexibility index (Phi) is 3.94. The van der Waals surface area contributed by atoms with Crippen molar-refractivity contribution in [1.29, 1.82) is 0 Å². The molecule has 1 aromatic rings. The van der Waals surface area contributed by atoms with E-state index in [-0.39, 0.29) is 0 Å². The lowest BCUT2D eigenvalue weighted by molar-refractivity contribution is 0.0305. The van der Waals surface area contributed by atoms with Crippen LogP contribution >= 0.6 is 11.6 Å². The Labute approximate surface area is 119 Å². The molecule has 1 aliphatic heterocycles. The standard InChI is InChI=1S/C15H21ClN2O/c1-11-14(4-7-17-15(11)16)18-8-5-13(6-9-18)19-10-12-2-3-12/h4,7,12-13H,2-3,5-6,8-10H2,1H3. The van der Waals surface area contributed by atoms with Crippen LogP contribution in [0, 0.1) is 12.8 Å². The number of piperidine rings is 1. The van der Waals surface area contributed by atoms with Crippen molar-refractivity contribution in [3.8, 4) is 0 Å². The summed E-state index contributed by atoms with van der Waals surface area (Å²) in [4.78, 5) is 6.52. The van der Waals surface area contributed by atoms with Gasteiger partial charge in [0, 0.05) is 37.1 Å². The predicted octanol–water partition coefficient (Wildman–Crippen LogP) is 3.44. The zero-order chi connectivity index (χ0) is 13.2. The van der Waals surface area contributed by atoms with Gasteiger partial charge in [-0.15, -0.1) is 0 Å². The Balaban J connectivity index is 1.55. The summed E-state index contributed by atoms with van der Waals surface area (Å²) in [6, 6.07) is 2.06. The van der Waals surface area contributed by atoms with Crippen molar-refractivity contribution in [1.82, 2.24) is 4.98 Å². The van der Waals surface area contributed by atoms with E-state index < -0.39 is 0 Å². The molecule has 2 fully saturated rings. The van der Waals surface area contributed by atoms with Gasteiger partial charge in [-0.2, -0.15) is 0 Å². The van der Waals surface area contributed by atoms with Crippen LogP contribution in [-0.2, 0) is 4.74 Å². The summed E-state index contributed by atoms with van der Waals surface area (Å²) in [5.74, 6) is 0.860. The molecule has 0 aromatic carbocycles. The highest BCUT2D eigenvalue weighted by molar-refractivity contribution is 6.30. The topological polar surface area (TPSA) is 25.4 Å². The highest BCUT2D eigenvalue weighted by atomic mass is 35.5. The summed E-state index contributed by atoms with van der Waals surface area (Å²) in [6.07, 6.45) is 7.22. The smallest absolute Gasteiger partial charge is 0.133 e. The number of nitrogens with zero attached hydrogens (tertiary/aromatic N) is 2. The maximum Gasteiger partial charge on any atom is 0.133 e. The van der Waals surface area contributed by atoms with Crippen LogP contribution in [0.2, 0.25) is 5.15 Å². The summed E-state index contributed by atoms with van der Waals surface area (Å²) < 4.78 is 5.98. The minimum Gasteiger partial charge on any atom is -0.378 e. The maximum atomic E-state index is 6.09. The van der Waals surface area contributed by atoms with Crippen LogP contribution < -0.4 is 4.90 Å². The molecule has 0 atom stereocenters. The molecular weight excluding hydrogens is 260 g/mol. The van der Waals surface area contributed by atoms with Gasteiger partial charge in [-0.05, 0) is 44.6 Å². The minimum atomic E-state index is 0.453. The average molecular weight is 281 g/mol. The summed E-state index contributed by atoms with van der Waals surface area (Å²) in [6.45, 7) is 5.12. The van der Waals surface area contributed by atoms with E-state index >= 15 is 0 Å². The molecule has 3 rings (SSSR count). The lowest BCUT2D eigenvalue weighted by Crippen LogP contribution is -2.37. The Morgan fingerprint density at radius 1 is 1.32 bits per heavy atom. The molecule has 3 nitrogen and oxygen atoms in total. The molecule has 2 heterocycles. The van der Waals surface area contributed by atoms with Crippen molar-refractivity contribution in [3.05, 3.63) is 23.0 Å². The lowest BCUT2D eigenvalue weighted by Gasteiger charge is -2.34. The summed E-state index contributed by atoms with van der Waals surface area (Å²) in [5, 5.41) is 0.615. The number of hydrogen-bond donors (Lipinski definition) is 0. The van der Waals surface area contributed by atoms with Gasteiger partial charge >= 0.3 is 0 Å². The zero-order valence-electron chi connectivity index (χ0n) is 11.4. The van der Waals surface area contributed by atoms with Crippen molar-refractivity contribution < 1.29 is 4.74 Å². The fourth-order valence-electron chi connectivity index (χ4n) is 2.66. The Morgan fingerprint density at radius 3 is 2.74 bits per heavy atom. The normalized spacial score (nSPS) is 20.8. The first-order valence-corrected chi connectivity index (χ1v) is 7.59. The second-order valence-electron chi connectivity index (χ2n) is 5.71.